The summed E-state index contributed by atoms with van der Waals surface area (Å²) >= 11 is 1.22. The van der Waals surface area contributed by atoms with E-state index in [4.69, 9.17) is 5.11 Å². The zero-order valence-electron chi connectivity index (χ0n) is 11.1. The Morgan fingerprint density at radius 3 is 2.75 bits per heavy atom. The van der Waals surface area contributed by atoms with E-state index in [2.05, 4.69) is 20.5 Å². The van der Waals surface area contributed by atoms with Crippen molar-refractivity contribution in [2.45, 2.75) is 19.4 Å². The molecule has 3 N–H and O–H groups in total. The Balaban J connectivity index is 1.62. The summed E-state index contributed by atoms with van der Waals surface area (Å²) in [4.78, 5) is 28.4. The van der Waals surface area contributed by atoms with Crippen molar-refractivity contribution in [3.63, 3.8) is 0 Å². The maximum atomic E-state index is 11.6. The number of carbonyl (C=O) groups excluding carboxylic acids is 1. The van der Waals surface area contributed by atoms with Crippen LogP contribution in [0.1, 0.15) is 28.3 Å². The van der Waals surface area contributed by atoms with E-state index in [0.29, 0.717) is 11.6 Å². The SMILES string of the molecule is O=C(NCCN1CCCC1)NCc1nc(C(=O)O)cs1. The molecule has 2 rings (SSSR count). The van der Waals surface area contributed by atoms with E-state index in [9.17, 15) is 9.59 Å². The van der Waals surface area contributed by atoms with Crippen LogP contribution in [0.3, 0.4) is 0 Å². The predicted molar refractivity (Wildman–Crippen MR) is 75.0 cm³/mol. The first-order valence-corrected chi connectivity index (χ1v) is 7.45. The molecule has 2 heterocycles. The van der Waals surface area contributed by atoms with Crippen molar-refractivity contribution in [3.05, 3.63) is 16.1 Å². The van der Waals surface area contributed by atoms with E-state index in [1.807, 2.05) is 0 Å². The van der Waals surface area contributed by atoms with Crippen LogP contribution in [-0.4, -0.2) is 53.2 Å². The zero-order valence-corrected chi connectivity index (χ0v) is 11.9. The van der Waals surface area contributed by atoms with Gasteiger partial charge in [0.1, 0.15) is 5.01 Å². The summed E-state index contributed by atoms with van der Waals surface area (Å²) in [7, 11) is 0. The van der Waals surface area contributed by atoms with Crippen molar-refractivity contribution >= 4 is 23.3 Å². The van der Waals surface area contributed by atoms with Gasteiger partial charge in [-0.15, -0.1) is 11.3 Å². The van der Waals surface area contributed by atoms with E-state index in [0.717, 1.165) is 19.6 Å². The first-order valence-electron chi connectivity index (χ1n) is 6.57. The van der Waals surface area contributed by atoms with E-state index in [1.54, 1.807) is 0 Å². The lowest BCUT2D eigenvalue weighted by Gasteiger charge is -2.14. The number of carboxylic acid groups (broad SMARTS) is 1. The molecule has 0 unspecified atom stereocenters. The van der Waals surface area contributed by atoms with Gasteiger partial charge < -0.3 is 20.6 Å². The fourth-order valence-corrected chi connectivity index (χ4v) is 2.75. The first kappa shape index (κ1) is 14.7. The Hall–Kier alpha value is -1.67. The number of aromatic nitrogens is 1. The molecule has 8 heteroatoms. The Labute approximate surface area is 121 Å². The lowest BCUT2D eigenvalue weighted by Crippen LogP contribution is -2.39. The number of nitrogens with zero attached hydrogens (tertiary/aromatic N) is 2. The van der Waals surface area contributed by atoms with Gasteiger partial charge in [0.05, 0.1) is 6.54 Å². The molecule has 1 aliphatic rings. The van der Waals surface area contributed by atoms with Crippen molar-refractivity contribution < 1.29 is 14.7 Å². The molecule has 1 aliphatic heterocycles. The number of thiazole rings is 1. The van der Waals surface area contributed by atoms with E-state index in [-0.39, 0.29) is 18.3 Å². The molecular formula is C12H18N4O3S. The number of nitrogens with one attached hydrogen (secondary N) is 2. The fraction of sp³-hybridized carbons (Fsp3) is 0.583. The summed E-state index contributed by atoms with van der Waals surface area (Å²) in [6.45, 7) is 3.95. The highest BCUT2D eigenvalue weighted by molar-refractivity contribution is 7.09. The van der Waals surface area contributed by atoms with Crippen molar-refractivity contribution in [2.75, 3.05) is 26.2 Å². The average Bonchev–Trinajstić information content (AvgIpc) is 3.07. The standard InChI is InChI=1S/C12H18N4O3S/c17-11(18)9-8-20-10(15-9)7-14-12(19)13-3-6-16-4-1-2-5-16/h8H,1-7H2,(H,17,18)(H2,13,14,19). The number of urea groups is 1. The minimum absolute atomic E-state index is 0.0150. The van der Waals surface area contributed by atoms with E-state index >= 15 is 0 Å². The van der Waals surface area contributed by atoms with Crippen LogP contribution in [-0.2, 0) is 6.54 Å². The highest BCUT2D eigenvalue weighted by Gasteiger charge is 2.12. The van der Waals surface area contributed by atoms with Gasteiger partial charge in [0.2, 0.25) is 0 Å². The average molecular weight is 298 g/mol. The molecule has 0 bridgehead atoms. The largest absolute Gasteiger partial charge is 0.476 e. The number of likely N-dealkylation sites (tertiary alicyclic amines) is 1. The van der Waals surface area contributed by atoms with Gasteiger partial charge in [0.15, 0.2) is 5.69 Å². The molecule has 0 saturated carbocycles. The molecule has 0 radical (unpaired) electrons. The molecule has 0 aliphatic carbocycles. The van der Waals surface area contributed by atoms with Crippen LogP contribution in [0.4, 0.5) is 4.79 Å². The van der Waals surface area contributed by atoms with Crippen molar-refractivity contribution in [1.29, 1.82) is 0 Å². The molecule has 0 atom stereocenters. The Bertz CT molecular complexity index is 471. The molecule has 0 aromatic carbocycles. The van der Waals surface area contributed by atoms with Crippen LogP contribution in [0.2, 0.25) is 0 Å². The van der Waals surface area contributed by atoms with Crippen LogP contribution in [0.25, 0.3) is 0 Å². The number of carboxylic acids is 1. The van der Waals surface area contributed by atoms with Crippen molar-refractivity contribution in [3.8, 4) is 0 Å². The number of aromatic carboxylic acids is 1. The molecule has 1 aromatic heterocycles. The summed E-state index contributed by atoms with van der Waals surface area (Å²) in [5, 5.41) is 16.2. The Morgan fingerprint density at radius 2 is 2.10 bits per heavy atom. The quantitative estimate of drug-likeness (QED) is 0.720. The maximum Gasteiger partial charge on any atom is 0.355 e. The van der Waals surface area contributed by atoms with Crippen LogP contribution in [0.15, 0.2) is 5.38 Å². The van der Waals surface area contributed by atoms with Gasteiger partial charge in [-0.25, -0.2) is 14.6 Å². The number of hydrogen-bond donors (Lipinski definition) is 3. The van der Waals surface area contributed by atoms with E-state index < -0.39 is 5.97 Å². The summed E-state index contributed by atoms with van der Waals surface area (Å²) in [6, 6.07) is -0.253. The number of carbonyl (C=O) groups is 2. The fourth-order valence-electron chi connectivity index (χ4n) is 2.04. The minimum Gasteiger partial charge on any atom is -0.476 e. The third-order valence-corrected chi connectivity index (χ3v) is 3.93. The van der Waals surface area contributed by atoms with Gasteiger partial charge in [-0.3, -0.25) is 0 Å². The summed E-state index contributed by atoms with van der Waals surface area (Å²) in [6.07, 6.45) is 2.48. The normalized spacial score (nSPS) is 15.2. The van der Waals surface area contributed by atoms with Gasteiger partial charge in [-0.2, -0.15) is 0 Å². The molecule has 1 fully saturated rings. The lowest BCUT2D eigenvalue weighted by atomic mass is 10.4. The van der Waals surface area contributed by atoms with Gasteiger partial charge in [-0.1, -0.05) is 0 Å². The third-order valence-electron chi connectivity index (χ3n) is 3.08. The predicted octanol–water partition coefficient (Wildman–Crippen LogP) is 0.736. The highest BCUT2D eigenvalue weighted by Crippen LogP contribution is 2.09. The van der Waals surface area contributed by atoms with Gasteiger partial charge >= 0.3 is 12.0 Å². The maximum absolute atomic E-state index is 11.6. The third kappa shape index (κ3) is 4.46. The van der Waals surface area contributed by atoms with Crippen LogP contribution in [0, 0.1) is 0 Å². The Kier molecular flexibility index (Phi) is 5.31. The molecule has 2 amide bonds. The van der Waals surface area contributed by atoms with Crippen LogP contribution in [0.5, 0.6) is 0 Å². The van der Waals surface area contributed by atoms with Crippen LogP contribution < -0.4 is 10.6 Å². The second-order valence-corrected chi connectivity index (χ2v) is 5.53. The summed E-state index contributed by atoms with van der Waals surface area (Å²) in [5.41, 5.74) is 0.0150. The summed E-state index contributed by atoms with van der Waals surface area (Å²) in [5.74, 6) is -1.05. The molecule has 20 heavy (non-hydrogen) atoms. The molecular weight excluding hydrogens is 280 g/mol. The van der Waals surface area contributed by atoms with Crippen molar-refractivity contribution in [2.24, 2.45) is 0 Å². The van der Waals surface area contributed by atoms with E-state index in [1.165, 1.54) is 29.6 Å². The molecule has 0 spiro atoms. The second kappa shape index (κ2) is 7.20. The number of hydrogen-bond acceptors (Lipinski definition) is 5. The van der Waals surface area contributed by atoms with Crippen LogP contribution >= 0.6 is 11.3 Å². The monoisotopic (exact) mass is 298 g/mol. The highest BCUT2D eigenvalue weighted by atomic mass is 32.1. The molecule has 110 valence electrons. The molecule has 1 saturated heterocycles. The number of amides is 2. The minimum atomic E-state index is -1.05. The van der Waals surface area contributed by atoms with Crippen molar-refractivity contribution in [1.82, 2.24) is 20.5 Å². The smallest absolute Gasteiger partial charge is 0.355 e. The topological polar surface area (TPSA) is 94.6 Å². The number of rotatable bonds is 6. The van der Waals surface area contributed by atoms with Gasteiger partial charge in [0, 0.05) is 18.5 Å². The lowest BCUT2D eigenvalue weighted by molar-refractivity contribution is 0.0691. The Morgan fingerprint density at radius 1 is 1.35 bits per heavy atom. The van der Waals surface area contributed by atoms with Gasteiger partial charge in [-0.05, 0) is 25.9 Å². The molecule has 7 nitrogen and oxygen atoms in total. The first-order chi connectivity index (χ1) is 9.65. The second-order valence-electron chi connectivity index (χ2n) is 4.59. The zero-order chi connectivity index (χ0) is 14.4. The molecule has 1 aromatic rings. The summed E-state index contributed by atoms with van der Waals surface area (Å²) < 4.78 is 0. The van der Waals surface area contributed by atoms with Gasteiger partial charge in [0.25, 0.3) is 0 Å².